The van der Waals surface area contributed by atoms with Crippen LogP contribution in [-0.4, -0.2) is 24.7 Å². The number of thioether (sulfide) groups is 1. The van der Waals surface area contributed by atoms with Crippen molar-refractivity contribution >= 4 is 35.2 Å². The molecule has 138 valence electrons. The molecule has 0 radical (unpaired) electrons. The van der Waals surface area contributed by atoms with Crippen molar-refractivity contribution in [1.29, 1.82) is 0 Å². The van der Waals surface area contributed by atoms with Gasteiger partial charge in [0.25, 0.3) is 5.91 Å². The van der Waals surface area contributed by atoms with Crippen LogP contribution in [0.5, 0.6) is 5.75 Å². The fraction of sp³-hybridized carbons (Fsp3) is 0.263. The van der Waals surface area contributed by atoms with E-state index in [2.05, 4.69) is 10.9 Å². The summed E-state index contributed by atoms with van der Waals surface area (Å²) in [7, 11) is 0. The summed E-state index contributed by atoms with van der Waals surface area (Å²) in [5.41, 5.74) is 6.26. The topological polar surface area (TPSA) is 67.4 Å². The number of carbonyl (C=O) groups is 2. The van der Waals surface area contributed by atoms with Gasteiger partial charge in [0.05, 0.1) is 6.61 Å². The van der Waals surface area contributed by atoms with Crippen LogP contribution in [-0.2, 0) is 4.79 Å². The molecule has 2 N–H and O–H groups in total. The third kappa shape index (κ3) is 6.28. The van der Waals surface area contributed by atoms with Gasteiger partial charge in [-0.05, 0) is 67.6 Å². The van der Waals surface area contributed by atoms with Crippen LogP contribution in [0.4, 0.5) is 0 Å². The SMILES string of the molecule is CSc1ccc(C(=O)NNC(=O)CCCOc2ccc(Cl)cc2C)cc1. The summed E-state index contributed by atoms with van der Waals surface area (Å²) >= 11 is 7.49. The molecule has 0 atom stereocenters. The molecule has 0 aliphatic carbocycles. The quantitative estimate of drug-likeness (QED) is 0.424. The summed E-state index contributed by atoms with van der Waals surface area (Å²) in [6, 6.07) is 12.5. The van der Waals surface area contributed by atoms with Gasteiger partial charge >= 0.3 is 0 Å². The second-order valence-corrected chi connectivity index (χ2v) is 6.91. The molecule has 0 fully saturated rings. The Morgan fingerprint density at radius 2 is 1.85 bits per heavy atom. The molecule has 2 rings (SSSR count). The van der Waals surface area contributed by atoms with Crippen molar-refractivity contribution < 1.29 is 14.3 Å². The number of hydrazine groups is 1. The van der Waals surface area contributed by atoms with Gasteiger partial charge in [0.1, 0.15) is 5.75 Å². The maximum absolute atomic E-state index is 12.0. The zero-order chi connectivity index (χ0) is 18.9. The number of benzene rings is 2. The van der Waals surface area contributed by atoms with E-state index in [-0.39, 0.29) is 18.2 Å². The van der Waals surface area contributed by atoms with Crippen molar-refractivity contribution in [2.45, 2.75) is 24.7 Å². The molecule has 2 aromatic rings. The van der Waals surface area contributed by atoms with Crippen LogP contribution in [0.3, 0.4) is 0 Å². The number of halogens is 1. The molecule has 0 saturated heterocycles. The monoisotopic (exact) mass is 392 g/mol. The summed E-state index contributed by atoms with van der Waals surface area (Å²) in [6.45, 7) is 2.31. The largest absolute Gasteiger partial charge is 0.493 e. The van der Waals surface area contributed by atoms with Crippen LogP contribution in [0.1, 0.15) is 28.8 Å². The van der Waals surface area contributed by atoms with Gasteiger partial charge in [-0.3, -0.25) is 20.4 Å². The molecule has 7 heteroatoms. The highest BCUT2D eigenvalue weighted by Crippen LogP contribution is 2.21. The summed E-state index contributed by atoms with van der Waals surface area (Å²) in [5.74, 6) is 0.131. The normalized spacial score (nSPS) is 10.3. The number of ether oxygens (including phenoxy) is 1. The molecule has 0 aliphatic rings. The fourth-order valence-corrected chi connectivity index (χ4v) is 2.83. The Labute approximate surface area is 162 Å². The molecular weight excluding hydrogens is 372 g/mol. The molecule has 0 heterocycles. The van der Waals surface area contributed by atoms with Crippen molar-refractivity contribution in [3.05, 3.63) is 58.6 Å². The maximum Gasteiger partial charge on any atom is 0.269 e. The number of hydrogen-bond donors (Lipinski definition) is 2. The highest BCUT2D eigenvalue weighted by atomic mass is 35.5. The first-order valence-electron chi connectivity index (χ1n) is 8.12. The second kappa shape index (κ2) is 10.1. The number of rotatable bonds is 7. The van der Waals surface area contributed by atoms with Crippen LogP contribution in [0.15, 0.2) is 47.4 Å². The average Bonchev–Trinajstić information content (AvgIpc) is 2.64. The highest BCUT2D eigenvalue weighted by Gasteiger charge is 2.08. The molecule has 26 heavy (non-hydrogen) atoms. The molecule has 0 aromatic heterocycles. The minimum atomic E-state index is -0.348. The van der Waals surface area contributed by atoms with E-state index < -0.39 is 0 Å². The van der Waals surface area contributed by atoms with Gasteiger partial charge in [0.2, 0.25) is 5.91 Å². The molecule has 0 unspecified atom stereocenters. The summed E-state index contributed by atoms with van der Waals surface area (Å²) in [6.07, 6.45) is 2.75. The van der Waals surface area contributed by atoms with Gasteiger partial charge in [0, 0.05) is 21.9 Å². The minimum Gasteiger partial charge on any atom is -0.493 e. The van der Waals surface area contributed by atoms with E-state index in [1.165, 1.54) is 0 Å². The van der Waals surface area contributed by atoms with E-state index in [1.54, 1.807) is 36.0 Å². The van der Waals surface area contributed by atoms with E-state index >= 15 is 0 Å². The minimum absolute atomic E-state index is 0.248. The number of carbonyl (C=O) groups excluding carboxylic acids is 2. The molecule has 0 saturated carbocycles. The molecule has 0 aliphatic heterocycles. The standard InChI is InChI=1S/C19H21ClN2O3S/c1-13-12-15(20)7-10-17(13)25-11-3-4-18(23)21-22-19(24)14-5-8-16(26-2)9-6-14/h5-10,12H,3-4,11H2,1-2H3,(H,21,23)(H,22,24). The van der Waals surface area contributed by atoms with E-state index in [0.29, 0.717) is 23.6 Å². The lowest BCUT2D eigenvalue weighted by Gasteiger charge is -2.10. The average molecular weight is 393 g/mol. The van der Waals surface area contributed by atoms with Crippen LogP contribution in [0.25, 0.3) is 0 Å². The Kier molecular flexibility index (Phi) is 7.81. The zero-order valence-electron chi connectivity index (χ0n) is 14.7. The third-order valence-corrected chi connectivity index (χ3v) is 4.59. The summed E-state index contributed by atoms with van der Waals surface area (Å²) in [5, 5.41) is 0.660. The molecule has 0 spiro atoms. The van der Waals surface area contributed by atoms with Gasteiger partial charge in [-0.1, -0.05) is 11.6 Å². The third-order valence-electron chi connectivity index (χ3n) is 3.61. The van der Waals surface area contributed by atoms with Gasteiger partial charge < -0.3 is 4.74 Å². The predicted molar refractivity (Wildman–Crippen MR) is 105 cm³/mol. The van der Waals surface area contributed by atoms with Gasteiger partial charge in [0.15, 0.2) is 0 Å². The lowest BCUT2D eigenvalue weighted by molar-refractivity contribution is -0.122. The van der Waals surface area contributed by atoms with Crippen molar-refractivity contribution in [1.82, 2.24) is 10.9 Å². The van der Waals surface area contributed by atoms with Crippen LogP contribution < -0.4 is 15.6 Å². The predicted octanol–water partition coefficient (Wildman–Crippen LogP) is 3.99. The van der Waals surface area contributed by atoms with Crippen LogP contribution in [0, 0.1) is 6.92 Å². The Bertz CT molecular complexity index is 766. The summed E-state index contributed by atoms with van der Waals surface area (Å²) < 4.78 is 5.63. The van der Waals surface area contributed by atoms with E-state index in [1.807, 2.05) is 31.4 Å². The van der Waals surface area contributed by atoms with Crippen molar-refractivity contribution in [2.24, 2.45) is 0 Å². The lowest BCUT2D eigenvalue weighted by atomic mass is 10.2. The number of hydrogen-bond acceptors (Lipinski definition) is 4. The first-order chi connectivity index (χ1) is 12.5. The Morgan fingerprint density at radius 1 is 1.12 bits per heavy atom. The first kappa shape index (κ1) is 20.1. The van der Waals surface area contributed by atoms with Crippen molar-refractivity contribution in [3.63, 3.8) is 0 Å². The Hall–Kier alpha value is -2.18. The summed E-state index contributed by atoms with van der Waals surface area (Å²) in [4.78, 5) is 24.8. The maximum atomic E-state index is 12.0. The van der Waals surface area contributed by atoms with Crippen LogP contribution in [0.2, 0.25) is 5.02 Å². The smallest absolute Gasteiger partial charge is 0.269 e. The molecular formula is C19H21ClN2O3S. The van der Waals surface area contributed by atoms with Crippen molar-refractivity contribution in [3.8, 4) is 5.75 Å². The molecule has 2 amide bonds. The second-order valence-electron chi connectivity index (χ2n) is 5.59. The van der Waals surface area contributed by atoms with Crippen LogP contribution >= 0.6 is 23.4 Å². The lowest BCUT2D eigenvalue weighted by Crippen LogP contribution is -2.41. The number of aryl methyl sites for hydroxylation is 1. The van der Waals surface area contributed by atoms with E-state index in [4.69, 9.17) is 16.3 Å². The molecule has 5 nitrogen and oxygen atoms in total. The van der Waals surface area contributed by atoms with Crippen molar-refractivity contribution in [2.75, 3.05) is 12.9 Å². The van der Waals surface area contributed by atoms with Gasteiger partial charge in [-0.25, -0.2) is 0 Å². The van der Waals surface area contributed by atoms with E-state index in [0.717, 1.165) is 16.2 Å². The fourth-order valence-electron chi connectivity index (χ4n) is 2.19. The number of amides is 2. The number of nitrogens with one attached hydrogen (secondary N) is 2. The zero-order valence-corrected chi connectivity index (χ0v) is 16.2. The Balaban J connectivity index is 1.67. The Morgan fingerprint density at radius 3 is 2.50 bits per heavy atom. The first-order valence-corrected chi connectivity index (χ1v) is 9.72. The molecule has 2 aromatic carbocycles. The van der Waals surface area contributed by atoms with E-state index in [9.17, 15) is 9.59 Å². The highest BCUT2D eigenvalue weighted by molar-refractivity contribution is 7.98. The molecule has 0 bridgehead atoms. The van der Waals surface area contributed by atoms with Gasteiger partial charge in [-0.2, -0.15) is 0 Å². The van der Waals surface area contributed by atoms with Gasteiger partial charge in [-0.15, -0.1) is 11.8 Å².